The molecule has 0 aliphatic carbocycles. The van der Waals surface area contributed by atoms with Gasteiger partial charge >= 0.3 is 61.5 Å². The number of hydrogen-bond acceptors (Lipinski definition) is 3. The molecule has 1 N–H and O–H groups in total. The third-order valence-electron chi connectivity index (χ3n) is 0.115. The van der Waals surface area contributed by atoms with Crippen LogP contribution in [0.5, 0.6) is 0 Å². The second-order valence-electron chi connectivity index (χ2n) is 0.566. The van der Waals surface area contributed by atoms with Gasteiger partial charge in [0.2, 0.25) is 5.40 Å². The van der Waals surface area contributed by atoms with Gasteiger partial charge in [0.25, 0.3) is 0 Å². The normalized spacial score (nSPS) is 7.50. The molecule has 0 aliphatic heterocycles. The number of nitriles is 1. The molecule has 0 saturated carbocycles. The molecule has 8 heavy (non-hydrogen) atoms. The van der Waals surface area contributed by atoms with Gasteiger partial charge in [0.05, 0.1) is 0 Å². The zero-order valence-electron chi connectivity index (χ0n) is 2.92. The van der Waals surface area contributed by atoms with Gasteiger partial charge in [0, 0.05) is 22.4 Å². The van der Waals surface area contributed by atoms with Crippen molar-refractivity contribution in [1.82, 2.24) is 0 Å². The average molecular weight is 344 g/mol. The Morgan fingerprint density at radius 1 is 1.50 bits per heavy atom. The molecule has 0 aromatic rings. The monoisotopic (exact) mass is 344 g/mol. The van der Waals surface area contributed by atoms with E-state index < -0.39 is 10.1 Å². The third-order valence-corrected chi connectivity index (χ3v) is 0.346. The predicted octanol–water partition coefficient (Wildman–Crippen LogP) is -1.30. The maximum atomic E-state index is 9.19. The number of rotatable bonds is 0. The van der Waals surface area contributed by atoms with Gasteiger partial charge < -0.3 is 0 Å². The van der Waals surface area contributed by atoms with Crippen molar-refractivity contribution >= 4 is 61.5 Å². The van der Waals surface area contributed by atoms with Gasteiger partial charge in [-0.3, -0.25) is 4.55 Å². The molecule has 0 bridgehead atoms. The molecular weight excluding hydrogens is 342 g/mol. The predicted molar refractivity (Wildman–Crippen MR) is 24.3 cm³/mol. The Labute approximate surface area is 105 Å². The minimum absolute atomic E-state index is 0. The quantitative estimate of drug-likeness (QED) is 0.257. The van der Waals surface area contributed by atoms with Gasteiger partial charge in [-0.05, 0) is 0 Å². The van der Waals surface area contributed by atoms with Crippen LogP contribution in [-0.4, -0.2) is 64.4 Å². The van der Waals surface area contributed by atoms with E-state index >= 15 is 0 Å². The van der Waals surface area contributed by atoms with E-state index in [0.29, 0.717) is 5.40 Å². The van der Waals surface area contributed by atoms with Crippen LogP contribution in [0.4, 0.5) is 0 Å². The van der Waals surface area contributed by atoms with Crippen LogP contribution in [0.3, 0.4) is 0 Å². The summed E-state index contributed by atoms with van der Waals surface area (Å²) in [6, 6.07) is 0. The van der Waals surface area contributed by atoms with Gasteiger partial charge in [0.15, 0.2) is 0 Å². The number of thiocyanates is 1. The van der Waals surface area contributed by atoms with E-state index in [2.05, 4.69) is 0 Å². The fourth-order valence-corrected chi connectivity index (χ4v) is 0. The molecule has 0 rings (SSSR count). The molecule has 1 radical (unpaired) electrons. The molecule has 0 spiro atoms. The molecule has 4 nitrogen and oxygen atoms in total. The third kappa shape index (κ3) is 15.7. The van der Waals surface area contributed by atoms with Gasteiger partial charge in [-0.25, -0.2) is 0 Å². The molecule has 0 saturated heterocycles. The van der Waals surface area contributed by atoms with E-state index in [9.17, 15) is 8.42 Å². The summed E-state index contributed by atoms with van der Waals surface area (Å²) < 4.78 is 25.8. The summed E-state index contributed by atoms with van der Waals surface area (Å²) in [5, 5.41) is 7.95. The standard InChI is InChI=1S/CHNO3S.Au.K.H/c2-1-6(3,4)5;;;/h(H,3,4,5);;;. The molecule has 0 aliphatic rings. The van der Waals surface area contributed by atoms with Crippen molar-refractivity contribution < 1.29 is 35.4 Å². The second-order valence-corrected chi connectivity index (χ2v) is 1.70. The topological polar surface area (TPSA) is 78.2 Å². The van der Waals surface area contributed by atoms with E-state index in [0.717, 1.165) is 0 Å². The summed E-state index contributed by atoms with van der Waals surface area (Å²) in [5.74, 6) is 0. The van der Waals surface area contributed by atoms with E-state index in [1.165, 1.54) is 0 Å². The summed E-state index contributed by atoms with van der Waals surface area (Å²) in [7, 11) is -4.36. The number of nitrogens with zero attached hydrogens (tertiary/aromatic N) is 1. The molecule has 0 amide bonds. The van der Waals surface area contributed by atoms with Crippen LogP contribution in [-0.2, 0) is 32.5 Å². The molecule has 7 heteroatoms. The molecule has 0 unspecified atom stereocenters. The first-order valence-corrected chi connectivity index (χ1v) is 2.38. The van der Waals surface area contributed by atoms with E-state index in [1.807, 2.05) is 0 Å². The Balaban J connectivity index is -0.000000125. The first kappa shape index (κ1) is 16.4. The van der Waals surface area contributed by atoms with Crippen LogP contribution in [0.2, 0.25) is 0 Å². The van der Waals surface area contributed by atoms with Crippen LogP contribution < -0.4 is 0 Å². The molecule has 0 aromatic heterocycles. The van der Waals surface area contributed by atoms with E-state index in [4.69, 9.17) is 9.81 Å². The van der Waals surface area contributed by atoms with Crippen molar-refractivity contribution in [3.63, 3.8) is 0 Å². The van der Waals surface area contributed by atoms with Crippen molar-refractivity contribution in [2.24, 2.45) is 0 Å². The van der Waals surface area contributed by atoms with E-state index in [1.54, 1.807) is 0 Å². The van der Waals surface area contributed by atoms with Crippen LogP contribution in [0.15, 0.2) is 0 Å². The molecular formula is CH2AuKNO3S. The summed E-state index contributed by atoms with van der Waals surface area (Å²) in [4.78, 5) is 0. The van der Waals surface area contributed by atoms with Gasteiger partial charge in [-0.2, -0.15) is 13.7 Å². The summed E-state index contributed by atoms with van der Waals surface area (Å²) in [6.45, 7) is 0. The molecule has 47 valence electrons. The second kappa shape index (κ2) is 6.89. The van der Waals surface area contributed by atoms with Crippen molar-refractivity contribution in [1.29, 1.82) is 5.26 Å². The maximum absolute atomic E-state index is 9.19. The Morgan fingerprint density at radius 2 is 1.62 bits per heavy atom. The zero-order chi connectivity index (χ0) is 5.21. The first-order chi connectivity index (χ1) is 2.56. The van der Waals surface area contributed by atoms with Gasteiger partial charge in [-0.15, -0.1) is 0 Å². The Hall–Kier alpha value is 1.78. The van der Waals surface area contributed by atoms with Crippen LogP contribution >= 0.6 is 0 Å². The number of hydrogen-bond donors (Lipinski definition) is 1. The first-order valence-electron chi connectivity index (χ1n) is 0.944. The van der Waals surface area contributed by atoms with Crippen LogP contribution in [0.1, 0.15) is 0 Å². The van der Waals surface area contributed by atoms with Crippen molar-refractivity contribution in [2.45, 2.75) is 0 Å². The Morgan fingerprint density at radius 3 is 1.62 bits per heavy atom. The van der Waals surface area contributed by atoms with Crippen LogP contribution in [0.25, 0.3) is 0 Å². The van der Waals surface area contributed by atoms with E-state index in [-0.39, 0.29) is 73.8 Å². The van der Waals surface area contributed by atoms with Crippen LogP contribution in [0, 0.1) is 10.7 Å². The summed E-state index contributed by atoms with van der Waals surface area (Å²) in [6.07, 6.45) is 0. The Bertz CT molecular complexity index is 168. The fraction of sp³-hybridized carbons (Fsp3) is 0. The van der Waals surface area contributed by atoms with Crippen molar-refractivity contribution in [3.8, 4) is 5.40 Å². The zero-order valence-corrected chi connectivity index (χ0v) is 5.90. The van der Waals surface area contributed by atoms with Gasteiger partial charge in [0.1, 0.15) is 0 Å². The van der Waals surface area contributed by atoms with Crippen molar-refractivity contribution in [3.05, 3.63) is 0 Å². The fourth-order valence-electron chi connectivity index (χ4n) is 0. The van der Waals surface area contributed by atoms with Crippen molar-refractivity contribution in [2.75, 3.05) is 0 Å². The summed E-state index contributed by atoms with van der Waals surface area (Å²) >= 11 is 0. The van der Waals surface area contributed by atoms with Gasteiger partial charge in [-0.1, -0.05) is 0 Å². The minimum atomic E-state index is -4.36. The SMILES string of the molecule is N#CS(=O)(=O)O.[Au].[KH]. The Kier molecular flexibility index (Phi) is 14.1. The molecule has 0 aromatic carbocycles. The molecule has 0 heterocycles. The average Bonchev–Trinajstić information content (AvgIpc) is 1.35. The molecule has 0 atom stereocenters. The molecule has 0 fully saturated rings. The summed E-state index contributed by atoms with van der Waals surface area (Å²) in [5.41, 5.74) is 0.